The molecule has 1 amide bonds. The number of benzene rings is 1. The molecule has 1 heterocycles. The standard InChI is InChI=1S/C17H22N4OS2/c1-5-21(10-12(2)3)15(22)11-23-17-20-19-16(24-17)18-14-9-7-6-8-13(14)4/h6-9H,2,5,10-11H2,1,3-4H3,(H,18,19). The van der Waals surface area contributed by atoms with Crippen LogP contribution in [-0.4, -0.2) is 39.8 Å². The van der Waals surface area contributed by atoms with Crippen molar-refractivity contribution in [3.8, 4) is 0 Å². The van der Waals surface area contributed by atoms with Crippen molar-refractivity contribution >= 4 is 39.8 Å². The van der Waals surface area contributed by atoms with Gasteiger partial charge >= 0.3 is 0 Å². The van der Waals surface area contributed by atoms with Crippen LogP contribution in [0.4, 0.5) is 10.8 Å². The predicted octanol–water partition coefficient (Wildman–Crippen LogP) is 4.11. The van der Waals surface area contributed by atoms with Crippen molar-refractivity contribution in [1.82, 2.24) is 15.1 Å². The zero-order chi connectivity index (χ0) is 17.5. The normalized spacial score (nSPS) is 10.5. The van der Waals surface area contributed by atoms with Crippen LogP contribution in [0.15, 0.2) is 40.8 Å². The van der Waals surface area contributed by atoms with Gasteiger partial charge in [0.15, 0.2) is 4.34 Å². The van der Waals surface area contributed by atoms with Gasteiger partial charge in [-0.15, -0.1) is 10.2 Å². The number of aryl methyl sites for hydroxylation is 1. The van der Waals surface area contributed by atoms with Crippen LogP contribution >= 0.6 is 23.1 Å². The van der Waals surface area contributed by atoms with Crippen LogP contribution < -0.4 is 5.32 Å². The van der Waals surface area contributed by atoms with Gasteiger partial charge in [-0.2, -0.15) is 0 Å². The summed E-state index contributed by atoms with van der Waals surface area (Å²) in [6, 6.07) is 8.02. The molecule has 128 valence electrons. The molecule has 0 aliphatic carbocycles. The van der Waals surface area contributed by atoms with E-state index in [4.69, 9.17) is 0 Å². The minimum atomic E-state index is 0.0918. The Morgan fingerprint density at radius 1 is 1.38 bits per heavy atom. The molecule has 0 aliphatic heterocycles. The highest BCUT2D eigenvalue weighted by Gasteiger charge is 2.14. The Kier molecular flexibility index (Phi) is 6.81. The molecule has 1 N–H and O–H groups in total. The fourth-order valence-corrected chi connectivity index (χ4v) is 3.73. The summed E-state index contributed by atoms with van der Waals surface area (Å²) in [7, 11) is 0. The first-order valence-corrected chi connectivity index (χ1v) is 9.51. The molecule has 24 heavy (non-hydrogen) atoms. The average molecular weight is 363 g/mol. The largest absolute Gasteiger partial charge is 0.338 e. The third kappa shape index (κ3) is 5.35. The molecule has 0 unspecified atom stereocenters. The number of hydrogen-bond donors (Lipinski definition) is 1. The lowest BCUT2D eigenvalue weighted by molar-refractivity contribution is -0.127. The van der Waals surface area contributed by atoms with E-state index in [1.165, 1.54) is 23.1 Å². The summed E-state index contributed by atoms with van der Waals surface area (Å²) in [6.45, 7) is 11.1. The number of carbonyl (C=O) groups is 1. The second-order valence-electron chi connectivity index (χ2n) is 5.47. The molecule has 7 heteroatoms. The van der Waals surface area contributed by atoms with E-state index in [0.717, 1.165) is 26.3 Å². The zero-order valence-electron chi connectivity index (χ0n) is 14.2. The Morgan fingerprint density at radius 3 is 2.79 bits per heavy atom. The van der Waals surface area contributed by atoms with Gasteiger partial charge in [0.25, 0.3) is 0 Å². The van der Waals surface area contributed by atoms with Gasteiger partial charge in [-0.1, -0.05) is 53.4 Å². The van der Waals surface area contributed by atoms with Crippen LogP contribution in [0.25, 0.3) is 0 Å². The molecular formula is C17H22N4OS2. The van der Waals surface area contributed by atoms with E-state index < -0.39 is 0 Å². The predicted molar refractivity (Wildman–Crippen MR) is 102 cm³/mol. The molecule has 5 nitrogen and oxygen atoms in total. The first kappa shape index (κ1) is 18.5. The van der Waals surface area contributed by atoms with Crippen LogP contribution in [-0.2, 0) is 4.79 Å². The summed E-state index contributed by atoms with van der Waals surface area (Å²) in [5, 5.41) is 12.3. The number of thioether (sulfide) groups is 1. The highest BCUT2D eigenvalue weighted by molar-refractivity contribution is 8.01. The SMILES string of the molecule is C=C(C)CN(CC)C(=O)CSc1nnc(Nc2ccccc2C)s1. The zero-order valence-corrected chi connectivity index (χ0v) is 15.8. The van der Waals surface area contributed by atoms with Crippen molar-refractivity contribution in [3.63, 3.8) is 0 Å². The second-order valence-corrected chi connectivity index (χ2v) is 7.67. The Balaban J connectivity index is 1.91. The van der Waals surface area contributed by atoms with Gasteiger partial charge in [-0.25, -0.2) is 0 Å². The number of nitrogens with zero attached hydrogens (tertiary/aromatic N) is 3. The Hall–Kier alpha value is -1.86. The maximum Gasteiger partial charge on any atom is 0.233 e. The van der Waals surface area contributed by atoms with E-state index in [0.29, 0.717) is 18.8 Å². The summed E-state index contributed by atoms with van der Waals surface area (Å²) >= 11 is 2.87. The van der Waals surface area contributed by atoms with E-state index >= 15 is 0 Å². The fourth-order valence-electron chi connectivity index (χ4n) is 2.06. The van der Waals surface area contributed by atoms with Crippen LogP contribution in [0.1, 0.15) is 19.4 Å². The van der Waals surface area contributed by atoms with Gasteiger partial charge in [-0.05, 0) is 32.4 Å². The van der Waals surface area contributed by atoms with Gasteiger partial charge in [0.1, 0.15) is 0 Å². The van der Waals surface area contributed by atoms with Crippen molar-refractivity contribution in [2.75, 3.05) is 24.2 Å². The molecule has 0 aliphatic rings. The topological polar surface area (TPSA) is 58.1 Å². The third-order valence-electron chi connectivity index (χ3n) is 3.31. The maximum absolute atomic E-state index is 12.2. The maximum atomic E-state index is 12.2. The summed E-state index contributed by atoms with van der Waals surface area (Å²) < 4.78 is 0.783. The Bertz CT molecular complexity index is 714. The Labute approximate surface area is 151 Å². The highest BCUT2D eigenvalue weighted by Crippen LogP contribution is 2.28. The molecule has 2 rings (SSSR count). The molecule has 0 fully saturated rings. The average Bonchev–Trinajstić information content (AvgIpc) is 3.00. The van der Waals surface area contributed by atoms with Gasteiger partial charge in [-0.3, -0.25) is 4.79 Å². The molecular weight excluding hydrogens is 340 g/mol. The van der Waals surface area contributed by atoms with Crippen LogP contribution in [0.3, 0.4) is 0 Å². The van der Waals surface area contributed by atoms with Crippen molar-refractivity contribution in [3.05, 3.63) is 42.0 Å². The smallest absolute Gasteiger partial charge is 0.233 e. The first-order chi connectivity index (χ1) is 11.5. The molecule has 1 aromatic heterocycles. The van der Waals surface area contributed by atoms with Crippen molar-refractivity contribution in [1.29, 1.82) is 0 Å². The Morgan fingerprint density at radius 2 is 2.12 bits per heavy atom. The van der Waals surface area contributed by atoms with Gasteiger partial charge in [0.2, 0.25) is 11.0 Å². The minimum absolute atomic E-state index is 0.0918. The number of nitrogens with one attached hydrogen (secondary N) is 1. The van der Waals surface area contributed by atoms with Gasteiger partial charge < -0.3 is 10.2 Å². The van der Waals surface area contributed by atoms with Crippen molar-refractivity contribution in [2.24, 2.45) is 0 Å². The molecule has 0 saturated carbocycles. The first-order valence-electron chi connectivity index (χ1n) is 7.70. The number of para-hydroxylation sites is 1. The van der Waals surface area contributed by atoms with Gasteiger partial charge in [0, 0.05) is 18.8 Å². The molecule has 2 aromatic rings. The second kappa shape index (κ2) is 8.84. The molecule has 0 bridgehead atoms. The molecule has 1 aromatic carbocycles. The van der Waals surface area contributed by atoms with E-state index in [2.05, 4.69) is 22.1 Å². The molecule has 0 atom stereocenters. The lowest BCUT2D eigenvalue weighted by atomic mass is 10.2. The summed E-state index contributed by atoms with van der Waals surface area (Å²) in [5.41, 5.74) is 3.14. The van der Waals surface area contributed by atoms with Crippen molar-refractivity contribution in [2.45, 2.75) is 25.1 Å². The molecule has 0 saturated heterocycles. The number of rotatable bonds is 8. The number of aromatic nitrogens is 2. The molecule has 0 radical (unpaired) electrons. The lowest BCUT2D eigenvalue weighted by Crippen LogP contribution is -2.33. The van der Waals surface area contributed by atoms with E-state index in [1.807, 2.05) is 45.0 Å². The summed E-state index contributed by atoms with van der Waals surface area (Å²) in [4.78, 5) is 14.0. The lowest BCUT2D eigenvalue weighted by Gasteiger charge is -2.20. The monoisotopic (exact) mass is 362 g/mol. The van der Waals surface area contributed by atoms with Crippen LogP contribution in [0, 0.1) is 6.92 Å². The van der Waals surface area contributed by atoms with Crippen LogP contribution in [0.5, 0.6) is 0 Å². The number of likely N-dealkylation sites (N-methyl/N-ethyl adjacent to an activating group) is 1. The fraction of sp³-hybridized carbons (Fsp3) is 0.353. The van der Waals surface area contributed by atoms with E-state index in [9.17, 15) is 4.79 Å². The van der Waals surface area contributed by atoms with Crippen molar-refractivity contribution < 1.29 is 4.79 Å². The summed E-state index contributed by atoms with van der Waals surface area (Å²) in [5.74, 6) is 0.453. The van der Waals surface area contributed by atoms with E-state index in [1.54, 1.807) is 4.90 Å². The molecule has 0 spiro atoms. The number of carbonyl (C=O) groups excluding carboxylic acids is 1. The minimum Gasteiger partial charge on any atom is -0.338 e. The quantitative estimate of drug-likeness (QED) is 0.566. The number of hydrogen-bond acceptors (Lipinski definition) is 6. The number of amides is 1. The number of anilines is 2. The van der Waals surface area contributed by atoms with Crippen LogP contribution in [0.2, 0.25) is 0 Å². The van der Waals surface area contributed by atoms with E-state index in [-0.39, 0.29) is 5.91 Å². The summed E-state index contributed by atoms with van der Waals surface area (Å²) in [6.07, 6.45) is 0. The third-order valence-corrected chi connectivity index (χ3v) is 5.26. The highest BCUT2D eigenvalue weighted by atomic mass is 32.2. The van der Waals surface area contributed by atoms with Gasteiger partial charge in [0.05, 0.1) is 5.75 Å².